The summed E-state index contributed by atoms with van der Waals surface area (Å²) in [4.78, 5) is 16.7. The number of hydrogen-bond acceptors (Lipinski definition) is 4. The topological polar surface area (TPSA) is 47.9 Å². The first kappa shape index (κ1) is 23.6. The van der Waals surface area contributed by atoms with Crippen LogP contribution in [0.2, 0.25) is 0 Å². The Morgan fingerprint density at radius 1 is 1.03 bits per heavy atom. The molecule has 0 radical (unpaired) electrons. The van der Waals surface area contributed by atoms with Crippen LogP contribution < -0.4 is 4.74 Å². The molecule has 0 fully saturated rings. The van der Waals surface area contributed by atoms with E-state index in [4.69, 9.17) is 9.47 Å². The van der Waals surface area contributed by atoms with Crippen molar-refractivity contribution in [3.05, 3.63) is 99.8 Å². The van der Waals surface area contributed by atoms with E-state index in [0.29, 0.717) is 25.8 Å². The van der Waals surface area contributed by atoms with Gasteiger partial charge in [0.05, 0.1) is 8.95 Å². The van der Waals surface area contributed by atoms with Crippen molar-refractivity contribution in [3.63, 3.8) is 0 Å². The molecule has 3 aromatic carbocycles. The number of benzene rings is 3. The number of carbonyl (C=O) groups excluding carboxylic acids is 1. The smallest absolute Gasteiger partial charge is 0.363 e. The van der Waals surface area contributed by atoms with Crippen LogP contribution >= 0.6 is 70.4 Å². The second-order valence-corrected chi connectivity index (χ2v) is 10.4. The molecule has 1 aliphatic rings. The van der Waals surface area contributed by atoms with Crippen LogP contribution in [0.4, 0.5) is 4.39 Å². The van der Waals surface area contributed by atoms with E-state index in [-0.39, 0.29) is 24.0 Å². The zero-order chi connectivity index (χ0) is 22.8. The van der Waals surface area contributed by atoms with Crippen molar-refractivity contribution >= 4 is 88.3 Å². The number of nitrogens with zero attached hydrogens (tertiary/aromatic N) is 1. The average Bonchev–Trinajstić information content (AvgIpc) is 3.10. The Labute approximate surface area is 222 Å². The van der Waals surface area contributed by atoms with Gasteiger partial charge >= 0.3 is 5.97 Å². The molecule has 0 saturated heterocycles. The van der Waals surface area contributed by atoms with Crippen LogP contribution in [0.5, 0.6) is 5.75 Å². The summed E-state index contributed by atoms with van der Waals surface area (Å²) in [5, 5.41) is 0. The zero-order valence-corrected chi connectivity index (χ0v) is 23.0. The maximum Gasteiger partial charge on any atom is 0.363 e. The normalized spacial score (nSPS) is 14.5. The highest BCUT2D eigenvalue weighted by Crippen LogP contribution is 2.36. The molecule has 0 aromatic heterocycles. The third-order valence-corrected chi connectivity index (χ3v) is 7.90. The number of hydrogen-bond donors (Lipinski definition) is 0. The number of aliphatic imine (C=N–C) groups is 1. The first-order chi connectivity index (χ1) is 15.3. The van der Waals surface area contributed by atoms with Crippen molar-refractivity contribution < 1.29 is 18.7 Å². The number of halogens is 5. The number of cyclic esters (lactones) is 1. The van der Waals surface area contributed by atoms with E-state index in [2.05, 4.69) is 75.4 Å². The minimum atomic E-state index is -0.520. The minimum Gasteiger partial charge on any atom is -0.487 e. The fourth-order valence-corrected chi connectivity index (χ4v) is 5.07. The molecule has 0 amide bonds. The Balaban J connectivity index is 1.56. The van der Waals surface area contributed by atoms with Crippen LogP contribution in [0.15, 0.2) is 78.7 Å². The monoisotopic (exact) mass is 733 g/mol. The van der Waals surface area contributed by atoms with E-state index >= 15 is 0 Å². The number of ether oxygens (including phenoxy) is 2. The van der Waals surface area contributed by atoms with Gasteiger partial charge in [-0.1, -0.05) is 12.1 Å². The lowest BCUT2D eigenvalue weighted by Crippen LogP contribution is -2.05. The SMILES string of the molecule is O=C1OC(c2ccc(I)c(Br)c2)=N/C1=C\c1cc(Br)c(OCc2cccc(F)c2)c(Br)c1. The quantitative estimate of drug-likeness (QED) is 0.154. The third-order valence-electron chi connectivity index (χ3n) is 4.38. The lowest BCUT2D eigenvalue weighted by atomic mass is 10.2. The summed E-state index contributed by atoms with van der Waals surface area (Å²) in [6, 6.07) is 15.5. The Morgan fingerprint density at radius 2 is 1.78 bits per heavy atom. The molecular formula is C23H12Br3FINO3. The Bertz CT molecular complexity index is 1270. The van der Waals surface area contributed by atoms with Gasteiger partial charge in [0.1, 0.15) is 18.2 Å². The van der Waals surface area contributed by atoms with E-state index in [1.807, 2.05) is 18.2 Å². The van der Waals surface area contributed by atoms with Crippen molar-refractivity contribution in [3.8, 4) is 5.75 Å². The van der Waals surface area contributed by atoms with Gasteiger partial charge in [0.15, 0.2) is 5.70 Å². The first-order valence-electron chi connectivity index (χ1n) is 9.14. The maximum absolute atomic E-state index is 13.4. The summed E-state index contributed by atoms with van der Waals surface area (Å²) < 4.78 is 27.9. The van der Waals surface area contributed by atoms with Gasteiger partial charge in [0.25, 0.3) is 0 Å². The largest absolute Gasteiger partial charge is 0.487 e. The summed E-state index contributed by atoms with van der Waals surface area (Å²) in [5.41, 5.74) is 2.34. The Morgan fingerprint density at radius 3 is 2.47 bits per heavy atom. The van der Waals surface area contributed by atoms with Gasteiger partial charge in [0, 0.05) is 13.6 Å². The predicted octanol–water partition coefficient (Wildman–Crippen LogP) is 7.64. The number of carbonyl (C=O) groups is 1. The van der Waals surface area contributed by atoms with Crippen molar-refractivity contribution in [1.29, 1.82) is 0 Å². The van der Waals surface area contributed by atoms with Crippen LogP contribution in [-0.2, 0) is 16.1 Å². The molecule has 3 aromatic rings. The molecule has 1 aliphatic heterocycles. The molecule has 162 valence electrons. The lowest BCUT2D eigenvalue weighted by Gasteiger charge is -2.11. The van der Waals surface area contributed by atoms with Gasteiger partial charge in [-0.15, -0.1) is 0 Å². The van der Waals surface area contributed by atoms with E-state index < -0.39 is 5.97 Å². The molecule has 32 heavy (non-hydrogen) atoms. The van der Waals surface area contributed by atoms with Gasteiger partial charge in [0.2, 0.25) is 5.90 Å². The summed E-state index contributed by atoms with van der Waals surface area (Å²) in [5.74, 6) is -0.00890. The van der Waals surface area contributed by atoms with E-state index in [1.165, 1.54) is 12.1 Å². The summed E-state index contributed by atoms with van der Waals surface area (Å²) in [6.07, 6.45) is 1.64. The molecule has 0 aliphatic carbocycles. The van der Waals surface area contributed by atoms with Crippen LogP contribution in [0.3, 0.4) is 0 Å². The average molecular weight is 736 g/mol. The number of rotatable bonds is 5. The predicted molar refractivity (Wildman–Crippen MR) is 140 cm³/mol. The zero-order valence-electron chi connectivity index (χ0n) is 16.0. The molecule has 0 unspecified atom stereocenters. The highest BCUT2D eigenvalue weighted by atomic mass is 127. The summed E-state index contributed by atoms with van der Waals surface area (Å²) in [7, 11) is 0. The molecule has 0 atom stereocenters. The maximum atomic E-state index is 13.4. The van der Waals surface area contributed by atoms with E-state index in [1.54, 1.807) is 30.3 Å². The molecule has 4 nitrogen and oxygen atoms in total. The highest BCUT2D eigenvalue weighted by Gasteiger charge is 2.24. The molecule has 0 spiro atoms. The molecule has 4 rings (SSSR count). The molecule has 0 N–H and O–H groups in total. The second-order valence-electron chi connectivity index (χ2n) is 6.70. The third kappa shape index (κ3) is 5.49. The van der Waals surface area contributed by atoms with Gasteiger partial charge in [-0.3, -0.25) is 0 Å². The molecule has 9 heteroatoms. The van der Waals surface area contributed by atoms with Crippen LogP contribution in [0, 0.1) is 9.39 Å². The molecule has 0 bridgehead atoms. The van der Waals surface area contributed by atoms with E-state index in [0.717, 1.165) is 13.6 Å². The summed E-state index contributed by atoms with van der Waals surface area (Å²) >= 11 is 12.7. The van der Waals surface area contributed by atoms with Crippen LogP contribution in [-0.4, -0.2) is 11.9 Å². The fraction of sp³-hybridized carbons (Fsp3) is 0.0435. The first-order valence-corrected chi connectivity index (χ1v) is 12.6. The van der Waals surface area contributed by atoms with Crippen molar-refractivity contribution in [2.24, 2.45) is 4.99 Å². The van der Waals surface area contributed by atoms with Crippen LogP contribution in [0.25, 0.3) is 6.08 Å². The van der Waals surface area contributed by atoms with Gasteiger partial charge < -0.3 is 9.47 Å². The molecule has 0 saturated carbocycles. The van der Waals surface area contributed by atoms with Gasteiger partial charge in [-0.2, -0.15) is 0 Å². The Kier molecular flexibility index (Phi) is 7.48. The van der Waals surface area contributed by atoms with E-state index in [9.17, 15) is 9.18 Å². The standard InChI is InChI=1S/C23H12Br3FINO3/c24-16-10-14(4-5-19(16)28)22-29-20(23(30)32-22)9-13-7-17(25)21(18(26)8-13)31-11-12-2-1-3-15(27)6-12/h1-10H,11H2/b20-9-. The molecular weight excluding hydrogens is 724 g/mol. The van der Waals surface area contributed by atoms with Gasteiger partial charge in [-0.05, 0) is 130 Å². The van der Waals surface area contributed by atoms with Crippen molar-refractivity contribution in [2.45, 2.75) is 6.61 Å². The summed E-state index contributed by atoms with van der Waals surface area (Å²) in [6.45, 7) is 0.209. The lowest BCUT2D eigenvalue weighted by molar-refractivity contribution is -0.129. The minimum absolute atomic E-state index is 0.196. The second kappa shape index (κ2) is 10.1. The van der Waals surface area contributed by atoms with Gasteiger partial charge in [-0.25, -0.2) is 14.2 Å². The van der Waals surface area contributed by atoms with Crippen molar-refractivity contribution in [1.82, 2.24) is 0 Å². The Hall–Kier alpha value is -1.56. The fourth-order valence-electron chi connectivity index (χ4n) is 2.90. The van der Waals surface area contributed by atoms with Crippen molar-refractivity contribution in [2.75, 3.05) is 0 Å². The highest BCUT2D eigenvalue weighted by molar-refractivity contribution is 14.1. The molecule has 1 heterocycles. The van der Waals surface area contributed by atoms with Crippen LogP contribution in [0.1, 0.15) is 16.7 Å². The number of esters is 1.